The molecule has 0 spiro atoms. The number of hydrogen-bond donors (Lipinski definition) is 0. The molecule has 0 fully saturated rings. The van der Waals surface area contributed by atoms with E-state index in [1.54, 1.807) is 46.3 Å². The molecule has 0 saturated heterocycles. The van der Waals surface area contributed by atoms with Crippen LogP contribution in [0, 0.1) is 6.92 Å². The third-order valence-corrected chi connectivity index (χ3v) is 6.54. The van der Waals surface area contributed by atoms with Gasteiger partial charge in [0.1, 0.15) is 6.61 Å². The molecule has 4 aromatic rings. The van der Waals surface area contributed by atoms with E-state index in [4.69, 9.17) is 4.74 Å². The summed E-state index contributed by atoms with van der Waals surface area (Å²) >= 11 is 1.10. The van der Waals surface area contributed by atoms with Crippen LogP contribution in [0.5, 0.6) is 0 Å². The lowest BCUT2D eigenvalue weighted by atomic mass is 9.94. The first-order valence-corrected chi connectivity index (χ1v) is 11.2. The highest BCUT2D eigenvalue weighted by Gasteiger charge is 2.33. The number of thiazole rings is 1. The van der Waals surface area contributed by atoms with Crippen molar-refractivity contribution in [2.75, 3.05) is 11.5 Å². The van der Waals surface area contributed by atoms with Crippen LogP contribution in [0.2, 0.25) is 0 Å². The van der Waals surface area contributed by atoms with Crippen molar-refractivity contribution in [2.45, 2.75) is 13.5 Å². The van der Waals surface area contributed by atoms with Gasteiger partial charge in [0.25, 0.3) is 11.8 Å². The summed E-state index contributed by atoms with van der Waals surface area (Å²) in [5.74, 6) is -1.36. The normalized spacial score (nSPS) is 12.9. The zero-order chi connectivity index (χ0) is 23.1. The second-order valence-electron chi connectivity index (χ2n) is 7.63. The predicted octanol–water partition coefficient (Wildman–Crippen LogP) is 4.03. The van der Waals surface area contributed by atoms with E-state index in [-0.39, 0.29) is 23.6 Å². The van der Waals surface area contributed by atoms with Gasteiger partial charge in [-0.15, -0.1) is 0 Å². The molecule has 0 unspecified atom stereocenters. The molecule has 1 aliphatic heterocycles. The van der Waals surface area contributed by atoms with Crippen LogP contribution in [0.1, 0.15) is 36.8 Å². The monoisotopic (exact) mass is 458 g/mol. The molecular weight excluding hydrogens is 440 g/mol. The number of carbonyl (C=O) groups is 3. The summed E-state index contributed by atoms with van der Waals surface area (Å²) in [6, 6.07) is 16.9. The highest BCUT2D eigenvalue weighted by molar-refractivity contribution is 7.07. The molecule has 8 heteroatoms. The van der Waals surface area contributed by atoms with Gasteiger partial charge in [0, 0.05) is 27.6 Å². The average molecular weight is 458 g/mol. The van der Waals surface area contributed by atoms with E-state index in [2.05, 4.69) is 0 Å². The molecule has 0 N–H and O–H groups in total. The number of rotatable bonds is 5. The van der Waals surface area contributed by atoms with Crippen LogP contribution < -0.4 is 9.77 Å². The number of imide groups is 1. The third kappa shape index (κ3) is 3.54. The molecule has 0 atom stereocenters. The summed E-state index contributed by atoms with van der Waals surface area (Å²) in [7, 11) is 0. The molecule has 2 heterocycles. The van der Waals surface area contributed by atoms with Gasteiger partial charge in [0.05, 0.1) is 17.8 Å². The lowest BCUT2D eigenvalue weighted by Crippen LogP contribution is -2.40. The summed E-state index contributed by atoms with van der Waals surface area (Å²) in [6.07, 6.45) is 0. The van der Waals surface area contributed by atoms with Crippen molar-refractivity contribution in [3.63, 3.8) is 0 Å². The second-order valence-corrected chi connectivity index (χ2v) is 8.45. The minimum Gasteiger partial charge on any atom is -0.460 e. The molecule has 3 aromatic carbocycles. The zero-order valence-corrected chi connectivity index (χ0v) is 18.4. The Kier molecular flexibility index (Phi) is 5.14. The molecule has 5 rings (SSSR count). The summed E-state index contributed by atoms with van der Waals surface area (Å²) < 4.78 is 6.83. The van der Waals surface area contributed by atoms with Gasteiger partial charge in [-0.1, -0.05) is 35.6 Å². The highest BCUT2D eigenvalue weighted by atomic mass is 32.1. The Morgan fingerprint density at radius 1 is 0.909 bits per heavy atom. The fourth-order valence-electron chi connectivity index (χ4n) is 4.00. The molecule has 0 saturated carbocycles. The van der Waals surface area contributed by atoms with Gasteiger partial charge in [-0.25, -0.2) is 9.69 Å². The summed E-state index contributed by atoms with van der Waals surface area (Å²) in [4.78, 5) is 51.4. The van der Waals surface area contributed by atoms with Crippen molar-refractivity contribution < 1.29 is 19.1 Å². The first kappa shape index (κ1) is 20.8. The van der Waals surface area contributed by atoms with E-state index in [0.29, 0.717) is 22.2 Å². The number of esters is 1. The van der Waals surface area contributed by atoms with Crippen LogP contribution in [0.15, 0.2) is 70.8 Å². The number of amides is 2. The minimum atomic E-state index is -0.547. The van der Waals surface area contributed by atoms with Crippen LogP contribution in [0.3, 0.4) is 0 Å². The number of nitrogens with zero attached hydrogens (tertiary/aromatic N) is 2. The van der Waals surface area contributed by atoms with E-state index in [1.165, 1.54) is 12.1 Å². The quantitative estimate of drug-likeness (QED) is 0.333. The largest absolute Gasteiger partial charge is 0.460 e. The predicted molar refractivity (Wildman–Crippen MR) is 125 cm³/mol. The van der Waals surface area contributed by atoms with Crippen LogP contribution in [-0.2, 0) is 11.3 Å². The number of anilines is 1. The average Bonchev–Trinajstić information content (AvgIpc) is 3.15. The van der Waals surface area contributed by atoms with E-state index >= 15 is 0 Å². The van der Waals surface area contributed by atoms with Crippen molar-refractivity contribution in [2.24, 2.45) is 0 Å². The third-order valence-electron chi connectivity index (χ3n) is 5.66. The van der Waals surface area contributed by atoms with Gasteiger partial charge in [0.2, 0.25) is 0 Å². The van der Waals surface area contributed by atoms with Crippen LogP contribution in [-0.4, -0.2) is 29.0 Å². The molecule has 2 amide bonds. The van der Waals surface area contributed by atoms with Gasteiger partial charge >= 0.3 is 10.8 Å². The van der Waals surface area contributed by atoms with Crippen LogP contribution in [0.25, 0.3) is 10.8 Å². The van der Waals surface area contributed by atoms with E-state index < -0.39 is 17.8 Å². The molecule has 1 aliphatic rings. The SMILES string of the molecule is Cc1csc(=O)n1CCOC(=O)c1ccc(N2C(=O)c3cccc4cccc(c34)C2=O)cc1. The number of ether oxygens (including phenoxy) is 1. The standard InChI is InChI=1S/C25H18N2O5S/c1-15-14-33-25(31)26(15)12-13-32-24(30)17-8-10-18(11-9-17)27-22(28)19-6-2-4-16-5-3-7-20(21(16)19)23(27)29/h2-11,14H,12-13H2,1H3. The van der Waals surface area contributed by atoms with Crippen molar-refractivity contribution in [3.05, 3.63) is 98.1 Å². The molecule has 0 radical (unpaired) electrons. The zero-order valence-electron chi connectivity index (χ0n) is 17.6. The molecule has 33 heavy (non-hydrogen) atoms. The number of aromatic nitrogens is 1. The van der Waals surface area contributed by atoms with Gasteiger partial charge < -0.3 is 4.74 Å². The Balaban J connectivity index is 1.34. The number of carbonyl (C=O) groups excluding carboxylic acids is 3. The number of aryl methyl sites for hydroxylation is 1. The maximum Gasteiger partial charge on any atom is 0.338 e. The summed E-state index contributed by atoms with van der Waals surface area (Å²) in [6.45, 7) is 2.15. The molecular formula is C25H18N2O5S. The minimum absolute atomic E-state index is 0.0575. The summed E-state index contributed by atoms with van der Waals surface area (Å²) in [5.41, 5.74) is 2.40. The maximum absolute atomic E-state index is 13.1. The van der Waals surface area contributed by atoms with Crippen LogP contribution >= 0.6 is 11.3 Å². The maximum atomic E-state index is 13.1. The van der Waals surface area contributed by atoms with E-state index in [9.17, 15) is 19.2 Å². The fourth-order valence-corrected chi connectivity index (χ4v) is 4.76. The van der Waals surface area contributed by atoms with E-state index in [1.807, 2.05) is 19.1 Å². The van der Waals surface area contributed by atoms with Gasteiger partial charge in [-0.05, 0) is 48.7 Å². The topological polar surface area (TPSA) is 85.7 Å². The van der Waals surface area contributed by atoms with Crippen molar-refractivity contribution in [1.82, 2.24) is 4.57 Å². The first-order chi connectivity index (χ1) is 16.0. The Bertz CT molecular complexity index is 1430. The van der Waals surface area contributed by atoms with Crippen molar-refractivity contribution in [1.29, 1.82) is 0 Å². The fraction of sp³-hybridized carbons (Fsp3) is 0.120. The molecule has 164 valence electrons. The number of hydrogen-bond acceptors (Lipinski definition) is 6. The molecule has 0 bridgehead atoms. The first-order valence-electron chi connectivity index (χ1n) is 10.3. The Hall–Kier alpha value is -4.04. The van der Waals surface area contributed by atoms with Gasteiger partial charge in [0.15, 0.2) is 0 Å². The van der Waals surface area contributed by atoms with Crippen molar-refractivity contribution >= 4 is 45.6 Å². The number of benzene rings is 3. The van der Waals surface area contributed by atoms with Gasteiger partial charge in [-0.2, -0.15) is 0 Å². The lowest BCUT2D eigenvalue weighted by molar-refractivity contribution is 0.0490. The molecule has 1 aromatic heterocycles. The van der Waals surface area contributed by atoms with E-state index in [0.717, 1.165) is 27.3 Å². The van der Waals surface area contributed by atoms with Crippen molar-refractivity contribution in [3.8, 4) is 0 Å². The molecule has 0 aliphatic carbocycles. The highest BCUT2D eigenvalue weighted by Crippen LogP contribution is 2.32. The van der Waals surface area contributed by atoms with Gasteiger partial charge in [-0.3, -0.25) is 19.0 Å². The molecule has 7 nitrogen and oxygen atoms in total. The lowest BCUT2D eigenvalue weighted by Gasteiger charge is -2.27. The Labute approximate surface area is 192 Å². The Morgan fingerprint density at radius 2 is 1.55 bits per heavy atom. The van der Waals surface area contributed by atoms with Crippen LogP contribution in [0.4, 0.5) is 5.69 Å². The smallest absolute Gasteiger partial charge is 0.338 e. The second kappa shape index (κ2) is 8.14. The Morgan fingerprint density at radius 3 is 2.12 bits per heavy atom. The summed E-state index contributed by atoms with van der Waals surface area (Å²) in [5, 5.41) is 3.25.